The van der Waals surface area contributed by atoms with Crippen LogP contribution in [0.15, 0.2) is 42.6 Å². The van der Waals surface area contributed by atoms with Gasteiger partial charge in [0.05, 0.1) is 11.3 Å². The minimum Gasteiger partial charge on any atom is -0.478 e. The van der Waals surface area contributed by atoms with Crippen molar-refractivity contribution < 1.29 is 19.1 Å². The Morgan fingerprint density at radius 3 is 2.45 bits per heavy atom. The maximum atomic E-state index is 13.3. The van der Waals surface area contributed by atoms with Gasteiger partial charge in [-0.05, 0) is 24.3 Å². The van der Waals surface area contributed by atoms with Gasteiger partial charge in [0, 0.05) is 6.20 Å². The summed E-state index contributed by atoms with van der Waals surface area (Å²) in [4.78, 5) is 26.0. The first-order chi connectivity index (χ1) is 9.56. The molecule has 2 aromatic rings. The number of urea groups is 1. The predicted octanol–water partition coefficient (Wildman–Crippen LogP) is 2.56. The highest BCUT2D eigenvalue weighted by Gasteiger charge is 2.08. The highest BCUT2D eigenvalue weighted by atomic mass is 19.1. The van der Waals surface area contributed by atoms with Crippen molar-refractivity contribution in [3.63, 3.8) is 0 Å². The second kappa shape index (κ2) is 5.79. The lowest BCUT2D eigenvalue weighted by Gasteiger charge is -2.07. The Labute approximate surface area is 113 Å². The third kappa shape index (κ3) is 3.29. The van der Waals surface area contributed by atoms with Crippen LogP contribution in [0.4, 0.5) is 20.7 Å². The second-order valence-electron chi connectivity index (χ2n) is 3.80. The van der Waals surface area contributed by atoms with Crippen LogP contribution in [0, 0.1) is 5.82 Å². The number of aromatic carboxylic acids is 1. The van der Waals surface area contributed by atoms with Crippen LogP contribution in [0.5, 0.6) is 0 Å². The number of halogens is 1. The van der Waals surface area contributed by atoms with Gasteiger partial charge in [0.15, 0.2) is 0 Å². The van der Waals surface area contributed by atoms with E-state index in [-0.39, 0.29) is 17.1 Å². The number of carboxylic acids is 1. The van der Waals surface area contributed by atoms with Crippen molar-refractivity contribution in [2.24, 2.45) is 0 Å². The molecule has 6 nitrogen and oxygen atoms in total. The van der Waals surface area contributed by atoms with Crippen molar-refractivity contribution in [2.75, 3.05) is 10.6 Å². The topological polar surface area (TPSA) is 91.3 Å². The summed E-state index contributed by atoms with van der Waals surface area (Å²) in [6.07, 6.45) is 1.11. The van der Waals surface area contributed by atoms with E-state index in [0.717, 1.165) is 6.20 Å². The Bertz CT molecular complexity index is 644. The summed E-state index contributed by atoms with van der Waals surface area (Å²) in [5.41, 5.74) is 0.0391. The number of hydrogen-bond acceptors (Lipinski definition) is 3. The normalized spacial score (nSPS) is 9.85. The number of aromatic nitrogens is 1. The van der Waals surface area contributed by atoms with E-state index >= 15 is 0 Å². The van der Waals surface area contributed by atoms with Crippen molar-refractivity contribution in [3.05, 3.63) is 54.0 Å². The zero-order valence-corrected chi connectivity index (χ0v) is 10.1. The van der Waals surface area contributed by atoms with Gasteiger partial charge < -0.3 is 10.4 Å². The zero-order chi connectivity index (χ0) is 14.5. The number of benzene rings is 1. The van der Waals surface area contributed by atoms with E-state index < -0.39 is 17.8 Å². The number of hydrogen-bond donors (Lipinski definition) is 3. The first kappa shape index (κ1) is 13.5. The number of carboxylic acid groups (broad SMARTS) is 1. The van der Waals surface area contributed by atoms with Crippen molar-refractivity contribution >= 4 is 23.5 Å². The predicted molar refractivity (Wildman–Crippen MR) is 70.2 cm³/mol. The van der Waals surface area contributed by atoms with Crippen LogP contribution >= 0.6 is 0 Å². The minimum absolute atomic E-state index is 0.00469. The monoisotopic (exact) mass is 275 g/mol. The first-order valence-corrected chi connectivity index (χ1v) is 5.58. The SMILES string of the molecule is O=C(Nc1ccc(C(=O)O)cn1)Nc1ccccc1F. The lowest BCUT2D eigenvalue weighted by molar-refractivity contribution is 0.0696. The molecule has 3 N–H and O–H groups in total. The minimum atomic E-state index is -1.11. The van der Waals surface area contributed by atoms with Crippen LogP contribution in [0.1, 0.15) is 10.4 Å². The highest BCUT2D eigenvalue weighted by Crippen LogP contribution is 2.13. The van der Waals surface area contributed by atoms with E-state index in [1.807, 2.05) is 0 Å². The maximum Gasteiger partial charge on any atom is 0.337 e. The van der Waals surface area contributed by atoms with Gasteiger partial charge in [0.2, 0.25) is 0 Å². The Morgan fingerprint density at radius 2 is 1.85 bits per heavy atom. The van der Waals surface area contributed by atoms with Gasteiger partial charge in [-0.15, -0.1) is 0 Å². The molecule has 1 aromatic carbocycles. The van der Waals surface area contributed by atoms with Crippen LogP contribution in [0.25, 0.3) is 0 Å². The Morgan fingerprint density at radius 1 is 1.10 bits per heavy atom. The molecule has 0 saturated carbocycles. The van der Waals surface area contributed by atoms with E-state index in [9.17, 15) is 14.0 Å². The smallest absolute Gasteiger partial charge is 0.337 e. The van der Waals surface area contributed by atoms with E-state index in [4.69, 9.17) is 5.11 Å². The number of carbonyl (C=O) groups is 2. The first-order valence-electron chi connectivity index (χ1n) is 5.58. The third-order valence-electron chi connectivity index (χ3n) is 2.37. The maximum absolute atomic E-state index is 13.3. The molecule has 1 heterocycles. The van der Waals surface area contributed by atoms with Crippen molar-refractivity contribution in [3.8, 4) is 0 Å². The third-order valence-corrected chi connectivity index (χ3v) is 2.37. The van der Waals surface area contributed by atoms with E-state index in [0.29, 0.717) is 0 Å². The average molecular weight is 275 g/mol. The lowest BCUT2D eigenvalue weighted by Crippen LogP contribution is -2.20. The number of pyridine rings is 1. The standard InChI is InChI=1S/C13H10FN3O3/c14-9-3-1-2-4-10(9)16-13(20)17-11-6-5-8(7-15-11)12(18)19/h1-7H,(H,18,19)(H2,15,16,17,20). The summed E-state index contributed by atoms with van der Waals surface area (Å²) in [5, 5.41) is 13.4. The van der Waals surface area contributed by atoms with Crippen molar-refractivity contribution in [2.45, 2.75) is 0 Å². The number of amides is 2. The molecule has 1 aromatic heterocycles. The molecule has 0 aliphatic heterocycles. The molecule has 7 heteroatoms. The lowest BCUT2D eigenvalue weighted by atomic mass is 10.3. The van der Waals surface area contributed by atoms with Crippen LogP contribution in [0.3, 0.4) is 0 Å². The molecule has 102 valence electrons. The largest absolute Gasteiger partial charge is 0.478 e. The molecule has 0 spiro atoms. The molecule has 0 aliphatic rings. The van der Waals surface area contributed by atoms with Crippen LogP contribution in [-0.4, -0.2) is 22.1 Å². The van der Waals surface area contributed by atoms with E-state index in [1.54, 1.807) is 6.07 Å². The summed E-state index contributed by atoms with van der Waals surface area (Å²) >= 11 is 0. The summed E-state index contributed by atoms with van der Waals surface area (Å²) in [5.74, 6) is -1.51. The van der Waals surface area contributed by atoms with E-state index in [2.05, 4.69) is 15.6 Å². The molecule has 2 rings (SSSR count). The average Bonchev–Trinajstić information content (AvgIpc) is 2.42. The molecule has 0 unspecified atom stereocenters. The molecule has 0 radical (unpaired) electrons. The van der Waals surface area contributed by atoms with Gasteiger partial charge in [0.25, 0.3) is 0 Å². The molecule has 0 aliphatic carbocycles. The molecular weight excluding hydrogens is 265 g/mol. The Balaban J connectivity index is 2.01. The summed E-state index contributed by atoms with van der Waals surface area (Å²) in [6.45, 7) is 0. The number of carbonyl (C=O) groups excluding carboxylic acids is 1. The van der Waals surface area contributed by atoms with Gasteiger partial charge >= 0.3 is 12.0 Å². The van der Waals surface area contributed by atoms with Gasteiger partial charge in [-0.3, -0.25) is 5.32 Å². The molecule has 2 amide bonds. The van der Waals surface area contributed by atoms with Gasteiger partial charge in [-0.1, -0.05) is 12.1 Å². The summed E-state index contributed by atoms with van der Waals surface area (Å²) < 4.78 is 13.3. The molecule has 20 heavy (non-hydrogen) atoms. The molecule has 0 atom stereocenters. The second-order valence-corrected chi connectivity index (χ2v) is 3.80. The molecular formula is C13H10FN3O3. The number of nitrogens with one attached hydrogen (secondary N) is 2. The number of anilines is 2. The van der Waals surface area contributed by atoms with Crippen molar-refractivity contribution in [1.82, 2.24) is 4.98 Å². The number of rotatable bonds is 3. The molecule has 0 bridgehead atoms. The van der Waals surface area contributed by atoms with Crippen molar-refractivity contribution in [1.29, 1.82) is 0 Å². The fraction of sp³-hybridized carbons (Fsp3) is 0. The molecule has 0 saturated heterocycles. The zero-order valence-electron chi connectivity index (χ0n) is 10.1. The fourth-order valence-corrected chi connectivity index (χ4v) is 1.43. The Hall–Kier alpha value is -2.96. The molecule has 0 fully saturated rings. The highest BCUT2D eigenvalue weighted by molar-refractivity contribution is 5.99. The fourth-order valence-electron chi connectivity index (χ4n) is 1.43. The van der Waals surface area contributed by atoms with Crippen LogP contribution < -0.4 is 10.6 Å². The van der Waals surface area contributed by atoms with Crippen LogP contribution in [-0.2, 0) is 0 Å². The Kier molecular flexibility index (Phi) is 3.90. The quantitative estimate of drug-likeness (QED) is 0.802. The summed E-state index contributed by atoms with van der Waals surface area (Å²) in [7, 11) is 0. The van der Waals surface area contributed by atoms with Gasteiger partial charge in [-0.25, -0.2) is 19.0 Å². The van der Waals surface area contributed by atoms with Gasteiger partial charge in [0.1, 0.15) is 11.6 Å². The number of nitrogens with zero attached hydrogens (tertiary/aromatic N) is 1. The summed E-state index contributed by atoms with van der Waals surface area (Å²) in [6, 6.07) is 7.68. The van der Waals surface area contributed by atoms with Crippen LogP contribution in [0.2, 0.25) is 0 Å². The van der Waals surface area contributed by atoms with E-state index in [1.165, 1.54) is 30.3 Å². The van der Waals surface area contributed by atoms with Gasteiger partial charge in [-0.2, -0.15) is 0 Å². The number of para-hydroxylation sites is 1.